The zero-order valence-corrected chi connectivity index (χ0v) is 11.9. The fourth-order valence-electron chi connectivity index (χ4n) is 3.65. The summed E-state index contributed by atoms with van der Waals surface area (Å²) < 4.78 is 6.07. The highest BCUT2D eigenvalue weighted by molar-refractivity contribution is 5.66. The summed E-state index contributed by atoms with van der Waals surface area (Å²) in [7, 11) is 0. The second-order valence-electron chi connectivity index (χ2n) is 5.88. The second kappa shape index (κ2) is 5.53. The third-order valence-corrected chi connectivity index (χ3v) is 4.60. The molecule has 1 fully saturated rings. The molecule has 4 atom stereocenters. The first kappa shape index (κ1) is 14.1. The molecule has 1 saturated carbocycles. The average Bonchev–Trinajstić information content (AvgIpc) is 2.93. The van der Waals surface area contributed by atoms with Crippen LogP contribution in [0.3, 0.4) is 0 Å². The third kappa shape index (κ3) is 2.44. The van der Waals surface area contributed by atoms with Crippen molar-refractivity contribution in [3.63, 3.8) is 0 Å². The Morgan fingerprint density at radius 3 is 3.00 bits per heavy atom. The van der Waals surface area contributed by atoms with Crippen molar-refractivity contribution in [1.29, 1.82) is 0 Å². The molecule has 1 aromatic rings. The van der Waals surface area contributed by atoms with E-state index in [9.17, 15) is 9.90 Å². The van der Waals surface area contributed by atoms with Crippen molar-refractivity contribution >= 4 is 5.97 Å². The number of carbonyl (C=O) groups is 1. The lowest BCUT2D eigenvalue weighted by atomic mass is 9.87. The molecule has 4 nitrogen and oxygen atoms in total. The average molecular weight is 288 g/mol. The van der Waals surface area contributed by atoms with Crippen molar-refractivity contribution in [2.75, 3.05) is 0 Å². The molecule has 1 aliphatic carbocycles. The van der Waals surface area contributed by atoms with Crippen LogP contribution in [-0.2, 0) is 11.2 Å². The number of ether oxygens (including phenoxy) is 1. The number of fused-ring (bicyclic) bond motifs is 3. The number of carboxylic acid groups (broad SMARTS) is 1. The Kier molecular flexibility index (Phi) is 3.72. The topological polar surface area (TPSA) is 66.8 Å². The molecule has 3 rings (SSSR count). The van der Waals surface area contributed by atoms with E-state index < -0.39 is 5.97 Å². The zero-order chi connectivity index (χ0) is 15.0. The van der Waals surface area contributed by atoms with E-state index in [1.807, 2.05) is 18.2 Å². The molecule has 1 heterocycles. The highest BCUT2D eigenvalue weighted by Crippen LogP contribution is 2.51. The summed E-state index contributed by atoms with van der Waals surface area (Å²) in [6.45, 7) is 3.84. The molecule has 2 aliphatic rings. The number of rotatable bonds is 5. The fourth-order valence-corrected chi connectivity index (χ4v) is 3.65. The molecule has 0 radical (unpaired) electrons. The van der Waals surface area contributed by atoms with Gasteiger partial charge in [0.2, 0.25) is 0 Å². The van der Waals surface area contributed by atoms with Crippen molar-refractivity contribution < 1.29 is 19.7 Å². The number of benzene rings is 1. The number of aryl methyl sites for hydroxylation is 1. The van der Waals surface area contributed by atoms with Crippen LogP contribution in [0.1, 0.15) is 36.3 Å². The van der Waals surface area contributed by atoms with Gasteiger partial charge in [-0.05, 0) is 18.4 Å². The molecule has 0 unspecified atom stereocenters. The van der Waals surface area contributed by atoms with Gasteiger partial charge in [-0.15, -0.1) is 6.58 Å². The molecule has 0 bridgehead atoms. The highest BCUT2D eigenvalue weighted by atomic mass is 16.5. The van der Waals surface area contributed by atoms with Crippen LogP contribution >= 0.6 is 0 Å². The molecule has 0 aromatic heterocycles. The Labute approximate surface area is 124 Å². The number of aliphatic hydroxyl groups excluding tert-OH is 1. The van der Waals surface area contributed by atoms with Crippen LogP contribution in [0.4, 0.5) is 0 Å². The van der Waals surface area contributed by atoms with Gasteiger partial charge < -0.3 is 14.9 Å². The van der Waals surface area contributed by atoms with Crippen LogP contribution in [0.25, 0.3) is 0 Å². The van der Waals surface area contributed by atoms with Crippen molar-refractivity contribution in [2.24, 2.45) is 5.92 Å². The van der Waals surface area contributed by atoms with Gasteiger partial charge in [-0.1, -0.05) is 24.3 Å². The zero-order valence-electron chi connectivity index (χ0n) is 11.9. The standard InChI is InChI=1S/C17H20O4/c1-2-11-13(18)9-14-16(11)12-7-3-5-10(17(12)21-14)6-4-8-15(19)20/h2-3,5,7,11,13-14,16,18H,1,4,6,8-9H2,(H,19,20)/t11-,13+,14-,16-/m0/s1. The summed E-state index contributed by atoms with van der Waals surface area (Å²) in [5.41, 5.74) is 2.20. The van der Waals surface area contributed by atoms with Crippen LogP contribution in [0.5, 0.6) is 5.75 Å². The van der Waals surface area contributed by atoms with E-state index in [2.05, 4.69) is 12.6 Å². The Morgan fingerprint density at radius 1 is 1.48 bits per heavy atom. The van der Waals surface area contributed by atoms with Crippen molar-refractivity contribution in [3.05, 3.63) is 42.0 Å². The second-order valence-corrected chi connectivity index (χ2v) is 5.88. The normalized spacial score (nSPS) is 29.6. The minimum Gasteiger partial charge on any atom is -0.489 e. The first-order chi connectivity index (χ1) is 10.1. The van der Waals surface area contributed by atoms with Gasteiger partial charge in [0, 0.05) is 30.2 Å². The quantitative estimate of drug-likeness (QED) is 0.817. The van der Waals surface area contributed by atoms with E-state index in [0.717, 1.165) is 16.9 Å². The van der Waals surface area contributed by atoms with Gasteiger partial charge in [0.05, 0.1) is 6.10 Å². The van der Waals surface area contributed by atoms with Crippen LogP contribution in [0.2, 0.25) is 0 Å². The lowest BCUT2D eigenvalue weighted by molar-refractivity contribution is -0.137. The summed E-state index contributed by atoms with van der Waals surface area (Å²) in [6, 6.07) is 6.04. The van der Waals surface area contributed by atoms with E-state index in [1.54, 1.807) is 0 Å². The first-order valence-electron chi connectivity index (χ1n) is 7.42. The number of aliphatic hydroxyl groups is 1. The molecular weight excluding hydrogens is 268 g/mol. The smallest absolute Gasteiger partial charge is 0.303 e. The Morgan fingerprint density at radius 2 is 2.29 bits per heavy atom. The van der Waals surface area contributed by atoms with E-state index in [0.29, 0.717) is 19.3 Å². The summed E-state index contributed by atoms with van der Waals surface area (Å²) in [4.78, 5) is 10.6. The molecule has 1 aromatic carbocycles. The summed E-state index contributed by atoms with van der Waals surface area (Å²) in [6.07, 6.45) is 3.56. The van der Waals surface area contributed by atoms with Gasteiger partial charge in [-0.25, -0.2) is 0 Å². The Bertz CT molecular complexity index is 566. The summed E-state index contributed by atoms with van der Waals surface area (Å²) in [5, 5.41) is 18.8. The van der Waals surface area contributed by atoms with Crippen LogP contribution < -0.4 is 4.74 Å². The number of aliphatic carboxylic acids is 1. The largest absolute Gasteiger partial charge is 0.489 e. The maximum absolute atomic E-state index is 10.6. The van der Waals surface area contributed by atoms with Crippen molar-refractivity contribution in [1.82, 2.24) is 0 Å². The molecule has 2 N–H and O–H groups in total. The van der Waals surface area contributed by atoms with Gasteiger partial charge >= 0.3 is 5.97 Å². The summed E-state index contributed by atoms with van der Waals surface area (Å²) >= 11 is 0. The van der Waals surface area contributed by atoms with Crippen LogP contribution in [-0.4, -0.2) is 28.4 Å². The molecule has 112 valence electrons. The molecule has 4 heteroatoms. The first-order valence-corrected chi connectivity index (χ1v) is 7.42. The predicted octanol–water partition coefficient (Wildman–Crippen LogP) is 2.51. The number of hydrogen-bond acceptors (Lipinski definition) is 3. The number of carboxylic acids is 1. The monoisotopic (exact) mass is 288 g/mol. The minimum absolute atomic E-state index is 0.0126. The van der Waals surface area contributed by atoms with Crippen LogP contribution in [0, 0.1) is 5.92 Å². The molecule has 21 heavy (non-hydrogen) atoms. The predicted molar refractivity (Wildman–Crippen MR) is 78.5 cm³/mol. The van der Waals surface area contributed by atoms with E-state index in [4.69, 9.17) is 9.84 Å². The SMILES string of the molecule is C=C[C@@H]1[C@H]2c3cccc(CCCC(=O)O)c3O[C@H]2C[C@H]1O. The molecule has 0 spiro atoms. The van der Waals surface area contributed by atoms with Gasteiger partial charge in [0.15, 0.2) is 0 Å². The fraction of sp³-hybridized carbons (Fsp3) is 0.471. The van der Waals surface area contributed by atoms with Crippen molar-refractivity contribution in [2.45, 2.75) is 43.8 Å². The molecule has 1 aliphatic heterocycles. The van der Waals surface area contributed by atoms with E-state index >= 15 is 0 Å². The Balaban J connectivity index is 1.83. The van der Waals surface area contributed by atoms with E-state index in [1.165, 1.54) is 0 Å². The lowest BCUT2D eigenvalue weighted by Crippen LogP contribution is -2.15. The Hall–Kier alpha value is -1.81. The summed E-state index contributed by atoms with van der Waals surface area (Å²) in [5.74, 6) is 0.337. The van der Waals surface area contributed by atoms with Gasteiger partial charge in [0.1, 0.15) is 11.9 Å². The minimum atomic E-state index is -0.768. The molecule has 0 amide bonds. The number of hydrogen-bond donors (Lipinski definition) is 2. The van der Waals surface area contributed by atoms with Crippen LogP contribution in [0.15, 0.2) is 30.9 Å². The maximum atomic E-state index is 10.6. The maximum Gasteiger partial charge on any atom is 0.303 e. The third-order valence-electron chi connectivity index (χ3n) is 4.60. The van der Waals surface area contributed by atoms with Gasteiger partial charge in [-0.2, -0.15) is 0 Å². The highest BCUT2D eigenvalue weighted by Gasteiger charge is 2.48. The van der Waals surface area contributed by atoms with Gasteiger partial charge in [-0.3, -0.25) is 4.79 Å². The van der Waals surface area contributed by atoms with Crippen molar-refractivity contribution in [3.8, 4) is 5.75 Å². The lowest BCUT2D eigenvalue weighted by Gasteiger charge is -2.16. The molecular formula is C17H20O4. The number of para-hydroxylation sites is 1. The van der Waals surface area contributed by atoms with Gasteiger partial charge in [0.25, 0.3) is 0 Å². The molecule has 0 saturated heterocycles. The van der Waals surface area contributed by atoms with E-state index in [-0.39, 0.29) is 30.5 Å².